The second-order valence-corrected chi connectivity index (χ2v) is 11.0. The largest absolute Gasteiger partial charge is 0.493 e. The Morgan fingerprint density at radius 2 is 1.80 bits per heavy atom. The molecule has 0 bridgehead atoms. The van der Waals surface area contributed by atoms with Gasteiger partial charge in [0.15, 0.2) is 17.1 Å². The summed E-state index contributed by atoms with van der Waals surface area (Å²) in [5, 5.41) is 16.1. The number of nitriles is 1. The van der Waals surface area contributed by atoms with Crippen LogP contribution in [0.15, 0.2) is 67.1 Å². The smallest absolute Gasteiger partial charge is 0.169 e. The summed E-state index contributed by atoms with van der Waals surface area (Å²) >= 11 is 12.2. The lowest BCUT2D eigenvalue weighted by Gasteiger charge is -2.13. The molecular weight excluding hydrogens is 561 g/mol. The van der Waals surface area contributed by atoms with E-state index in [1.807, 2.05) is 32.9 Å². The van der Waals surface area contributed by atoms with Gasteiger partial charge in [-0.15, -0.1) is 0 Å². The first-order chi connectivity index (χ1) is 19.6. The van der Waals surface area contributed by atoms with E-state index in [9.17, 15) is 5.26 Å². The first-order valence-electron chi connectivity index (χ1n) is 12.5. The van der Waals surface area contributed by atoms with Crippen LogP contribution in [0, 0.1) is 16.7 Å². The molecule has 5 aromatic rings. The van der Waals surface area contributed by atoms with E-state index in [2.05, 4.69) is 21.0 Å². The van der Waals surface area contributed by atoms with Gasteiger partial charge in [-0.25, -0.2) is 14.6 Å². The molecule has 0 unspecified atom stereocenters. The summed E-state index contributed by atoms with van der Waals surface area (Å²) in [6.07, 6.45) is 4.91. The van der Waals surface area contributed by atoms with E-state index in [0.717, 1.165) is 0 Å². The van der Waals surface area contributed by atoms with E-state index in [1.54, 1.807) is 60.5 Å². The molecule has 0 aliphatic rings. The fourth-order valence-corrected chi connectivity index (χ4v) is 4.51. The van der Waals surface area contributed by atoms with Crippen LogP contribution in [0.2, 0.25) is 10.0 Å². The summed E-state index contributed by atoms with van der Waals surface area (Å²) in [6.45, 7) is 6.07. The minimum Gasteiger partial charge on any atom is -0.493 e. The zero-order chi connectivity index (χ0) is 29.3. The van der Waals surface area contributed by atoms with Crippen LogP contribution in [0.25, 0.3) is 33.6 Å². The van der Waals surface area contributed by atoms with Crippen LogP contribution in [0.5, 0.6) is 17.2 Å². The number of aromatic nitrogens is 5. The number of ether oxygens (including phenoxy) is 2. The van der Waals surface area contributed by atoms with Gasteiger partial charge in [-0.05, 0) is 47.9 Å². The topological polar surface area (TPSA) is 125 Å². The van der Waals surface area contributed by atoms with Crippen molar-refractivity contribution in [3.05, 3.63) is 82.9 Å². The van der Waals surface area contributed by atoms with Crippen LogP contribution >= 0.6 is 23.2 Å². The van der Waals surface area contributed by atoms with Crippen LogP contribution in [0.4, 0.5) is 5.82 Å². The van der Waals surface area contributed by atoms with Crippen molar-refractivity contribution in [3.63, 3.8) is 0 Å². The number of allylic oxidation sites excluding steroid dienone is 2. The van der Waals surface area contributed by atoms with Crippen molar-refractivity contribution in [3.8, 4) is 40.3 Å². The maximum atomic E-state index is 9.80. The molecule has 0 aliphatic heterocycles. The lowest BCUT2D eigenvalue weighted by molar-refractivity contribution is 0.379. The molecule has 0 radical (unpaired) electrons. The highest BCUT2D eigenvalue weighted by molar-refractivity contribution is 6.42. The molecule has 3 aromatic heterocycles. The number of hydrogen-bond acceptors (Lipinski definition) is 8. The number of nitrogens with two attached hydrogens (primary N) is 1. The van der Waals surface area contributed by atoms with Crippen LogP contribution in [-0.2, 0) is 0 Å². The number of halogens is 2. The molecule has 0 amide bonds. The van der Waals surface area contributed by atoms with Crippen molar-refractivity contribution in [1.29, 1.82) is 5.26 Å². The maximum Gasteiger partial charge on any atom is 0.169 e. The number of hydrogen-bond donors (Lipinski definition) is 1. The van der Waals surface area contributed by atoms with E-state index in [1.165, 1.54) is 6.33 Å². The van der Waals surface area contributed by atoms with Gasteiger partial charge in [0.1, 0.15) is 29.7 Å². The number of pyridine rings is 1. The molecular formula is C30H25Cl2N7O2. The fraction of sp³-hybridized carbons (Fsp3) is 0.167. The summed E-state index contributed by atoms with van der Waals surface area (Å²) < 4.78 is 13.3. The Morgan fingerprint density at radius 3 is 2.51 bits per heavy atom. The molecule has 0 spiro atoms. The predicted octanol–water partition coefficient (Wildman–Crippen LogP) is 7.52. The first kappa shape index (κ1) is 27.9. The number of rotatable bonds is 6. The number of anilines is 1. The summed E-state index contributed by atoms with van der Waals surface area (Å²) in [7, 11) is 1.55. The Hall–Kier alpha value is -4.65. The third-order valence-corrected chi connectivity index (χ3v) is 6.75. The predicted molar refractivity (Wildman–Crippen MR) is 160 cm³/mol. The zero-order valence-electron chi connectivity index (χ0n) is 22.7. The van der Waals surface area contributed by atoms with Gasteiger partial charge in [0.25, 0.3) is 0 Å². The Morgan fingerprint density at radius 1 is 1.00 bits per heavy atom. The van der Waals surface area contributed by atoms with Gasteiger partial charge in [-0.1, -0.05) is 50.0 Å². The van der Waals surface area contributed by atoms with Crippen LogP contribution in [0.3, 0.4) is 0 Å². The highest BCUT2D eigenvalue weighted by Gasteiger charge is 2.21. The average molecular weight is 586 g/mol. The number of nitrogens with zero attached hydrogens (tertiary/aromatic N) is 6. The molecule has 0 fully saturated rings. The van der Waals surface area contributed by atoms with Crippen LogP contribution < -0.4 is 15.2 Å². The molecule has 9 nitrogen and oxygen atoms in total. The second kappa shape index (κ2) is 11.1. The van der Waals surface area contributed by atoms with Crippen molar-refractivity contribution in [2.24, 2.45) is 5.41 Å². The van der Waals surface area contributed by atoms with Gasteiger partial charge in [0.05, 0.1) is 39.5 Å². The SMILES string of the molecule is COc1cc(-c2nn(-c3ccnc(C(C#N)=CC(C)(C)C)c3)c3ncnc(N)c23)ccc1Oc1ccc(Cl)c(Cl)c1. The normalized spacial score (nSPS) is 11.9. The quantitative estimate of drug-likeness (QED) is 0.203. The van der Waals surface area contributed by atoms with Crippen molar-refractivity contribution in [2.45, 2.75) is 20.8 Å². The number of benzene rings is 2. The fourth-order valence-electron chi connectivity index (χ4n) is 4.22. The number of methoxy groups -OCH3 is 1. The first-order valence-corrected chi connectivity index (χ1v) is 13.2. The molecule has 0 saturated carbocycles. The van der Waals surface area contributed by atoms with Gasteiger partial charge in [0, 0.05) is 17.8 Å². The Kier molecular flexibility index (Phi) is 7.54. The molecule has 2 aromatic carbocycles. The van der Waals surface area contributed by atoms with Crippen LogP contribution in [0.1, 0.15) is 26.5 Å². The van der Waals surface area contributed by atoms with Crippen molar-refractivity contribution >= 4 is 45.6 Å². The Labute approximate surface area is 246 Å². The summed E-state index contributed by atoms with van der Waals surface area (Å²) in [5.41, 5.74) is 9.52. The van der Waals surface area contributed by atoms with E-state index >= 15 is 0 Å². The Balaban J connectivity index is 1.61. The number of fused-ring (bicyclic) bond motifs is 1. The lowest BCUT2D eigenvalue weighted by atomic mass is 9.93. The molecule has 3 heterocycles. The summed E-state index contributed by atoms with van der Waals surface area (Å²) in [6, 6.07) is 16.2. The minimum atomic E-state index is -0.204. The number of nitrogen functional groups attached to an aromatic ring is 1. The van der Waals surface area contributed by atoms with E-state index < -0.39 is 0 Å². The maximum absolute atomic E-state index is 9.80. The molecule has 0 aliphatic carbocycles. The lowest BCUT2D eigenvalue weighted by Crippen LogP contribution is -2.03. The molecule has 0 atom stereocenters. The average Bonchev–Trinajstić information content (AvgIpc) is 3.34. The van der Waals surface area contributed by atoms with Gasteiger partial charge in [-0.2, -0.15) is 10.4 Å². The molecule has 206 valence electrons. The summed E-state index contributed by atoms with van der Waals surface area (Å²) in [5.74, 6) is 1.70. The van der Waals surface area contributed by atoms with Crippen molar-refractivity contribution in [1.82, 2.24) is 24.7 Å². The second-order valence-electron chi connectivity index (χ2n) is 10.2. The van der Waals surface area contributed by atoms with E-state index in [-0.39, 0.29) is 11.2 Å². The highest BCUT2D eigenvalue weighted by atomic mass is 35.5. The molecule has 5 rings (SSSR count). The summed E-state index contributed by atoms with van der Waals surface area (Å²) in [4.78, 5) is 13.1. The van der Waals surface area contributed by atoms with Crippen molar-refractivity contribution in [2.75, 3.05) is 12.8 Å². The van der Waals surface area contributed by atoms with Crippen LogP contribution in [-0.4, -0.2) is 31.8 Å². The van der Waals surface area contributed by atoms with Gasteiger partial charge in [-0.3, -0.25) is 4.98 Å². The van der Waals surface area contributed by atoms with Gasteiger partial charge < -0.3 is 15.2 Å². The zero-order valence-corrected chi connectivity index (χ0v) is 24.2. The molecule has 0 saturated heterocycles. The van der Waals surface area contributed by atoms with Gasteiger partial charge >= 0.3 is 0 Å². The van der Waals surface area contributed by atoms with E-state index in [0.29, 0.717) is 66.5 Å². The Bertz CT molecular complexity index is 1850. The third kappa shape index (κ3) is 5.80. The molecule has 11 heteroatoms. The minimum absolute atomic E-state index is 0.204. The molecule has 41 heavy (non-hydrogen) atoms. The molecule has 2 N–H and O–H groups in total. The standard InChI is InChI=1S/C30H25Cl2N7O2/c1-30(2,3)14-18(15-33)23-12-19(9-10-35-23)39-29-26(28(34)36-16-37-29)27(38-39)17-5-8-24(25(11-17)40-4)41-20-6-7-21(31)22(32)13-20/h5-14,16H,1-4H3,(H2,34,36,37). The monoisotopic (exact) mass is 585 g/mol. The van der Waals surface area contributed by atoms with Gasteiger partial charge in [0.2, 0.25) is 0 Å². The highest BCUT2D eigenvalue weighted by Crippen LogP contribution is 2.39. The van der Waals surface area contributed by atoms with Crippen molar-refractivity contribution < 1.29 is 9.47 Å². The van der Waals surface area contributed by atoms with E-state index in [4.69, 9.17) is 43.5 Å². The third-order valence-electron chi connectivity index (χ3n) is 6.01.